The number of nitrogens with one attached hydrogen (secondary N) is 2. The summed E-state index contributed by atoms with van der Waals surface area (Å²) in [6.07, 6.45) is 3.83. The van der Waals surface area contributed by atoms with Crippen LogP contribution in [-0.4, -0.2) is 99.9 Å². The highest BCUT2D eigenvalue weighted by molar-refractivity contribution is 8.77. The smallest absolute Gasteiger partial charge is 0.272 e. The predicted molar refractivity (Wildman–Crippen MR) is 308 cm³/mol. The normalized spacial score (nSPS) is 18.5. The number of amides is 4. The molecular formula is C58H66N4O13S4. The number of carbonyl (C=O) groups excluding carboxylic acids is 4. The molecule has 0 saturated carbocycles. The van der Waals surface area contributed by atoms with E-state index >= 15 is 0 Å². The zero-order valence-corrected chi connectivity index (χ0v) is 48.3. The number of hydrogen-bond acceptors (Lipinski definition) is 14. The van der Waals surface area contributed by atoms with E-state index < -0.39 is 49.2 Å². The Morgan fingerprint density at radius 2 is 1.29 bits per heavy atom. The highest BCUT2D eigenvalue weighted by Gasteiger charge is 2.48. The van der Waals surface area contributed by atoms with Gasteiger partial charge < -0.3 is 34.6 Å². The van der Waals surface area contributed by atoms with Gasteiger partial charge in [-0.15, -0.1) is 0 Å². The molecule has 0 bridgehead atoms. The predicted octanol–water partition coefficient (Wildman–Crippen LogP) is 9.06. The number of carbonyl (C=O) groups is 4. The Labute approximate surface area is 470 Å². The van der Waals surface area contributed by atoms with E-state index in [2.05, 4.69) is 24.5 Å². The van der Waals surface area contributed by atoms with Crippen LogP contribution in [0.1, 0.15) is 106 Å². The summed E-state index contributed by atoms with van der Waals surface area (Å²) in [5.74, 6) is -0.189. The molecule has 0 fully saturated rings. The number of anilines is 3. The molecule has 0 radical (unpaired) electrons. The summed E-state index contributed by atoms with van der Waals surface area (Å²) in [5.41, 5.74) is 7.30. The lowest BCUT2D eigenvalue weighted by Crippen LogP contribution is -2.47. The number of ether oxygens (including phenoxy) is 3. The van der Waals surface area contributed by atoms with Gasteiger partial charge in [0.15, 0.2) is 11.5 Å². The van der Waals surface area contributed by atoms with E-state index in [1.54, 1.807) is 74.8 Å². The minimum Gasteiger partial charge on any atom is -0.493 e. The number of fused-ring (bicyclic) bond motifs is 8. The van der Waals surface area contributed by atoms with Crippen LogP contribution >= 0.6 is 21.6 Å². The number of methoxy groups -OCH3 is 1. The highest BCUT2D eigenvalue weighted by atomic mass is 33.1. The molecule has 9 rings (SSSR count). The quantitative estimate of drug-likeness (QED) is 0.0254. The molecule has 2 unspecified atom stereocenters. The summed E-state index contributed by atoms with van der Waals surface area (Å²) < 4.78 is 86.1. The Morgan fingerprint density at radius 3 is 1.92 bits per heavy atom. The largest absolute Gasteiger partial charge is 0.493 e. The molecule has 5 aromatic rings. The van der Waals surface area contributed by atoms with Crippen molar-refractivity contribution in [2.75, 3.05) is 47.9 Å². The third-order valence-electron chi connectivity index (χ3n) is 15.1. The number of rotatable bonds is 22. The fraction of sp³-hybridized carbons (Fsp3) is 0.414. The Hall–Kier alpha value is -6.10. The molecule has 0 aromatic heterocycles. The van der Waals surface area contributed by atoms with E-state index in [-0.39, 0.29) is 72.4 Å². The molecule has 4 aliphatic heterocycles. The van der Waals surface area contributed by atoms with E-state index in [9.17, 15) is 40.6 Å². The van der Waals surface area contributed by atoms with Crippen molar-refractivity contribution in [1.82, 2.24) is 5.32 Å². The minimum absolute atomic E-state index is 0.00136. The molecule has 4 aliphatic rings. The van der Waals surface area contributed by atoms with Crippen molar-refractivity contribution in [3.05, 3.63) is 141 Å². The summed E-state index contributed by atoms with van der Waals surface area (Å²) in [7, 11) is -0.857. The standard InChI is InChI=1S/C58H66N4O13S4/c1-35-21-44-41(30-53(79(70,71)73-6)49-27-39-14-8-10-16-47(39)62(49)56(44)65)28-50(35)74-32-36-22-37(24-43(23-36)60-55(64)17-11-19-58(2,3)77-76-20-12-18-54(63)59-4)33-75-52-29-40-25-42(34-78(67,68)69)48-26-38-13-7-9-15-46(38)61(48)57(66)45(40)31-51(52)72-5/h7-10,13-16,21-24,28-29,31,42,48-49,53H,11-12,17-20,25-27,30,32-34H2,1-6H3,(H,59,63)(H,60,64)(H,67,68,69)/t42?,48-,49-,53?/m0/s1. The van der Waals surface area contributed by atoms with Crippen molar-refractivity contribution in [3.8, 4) is 17.2 Å². The van der Waals surface area contributed by atoms with Gasteiger partial charge in [-0.3, -0.25) is 27.9 Å². The van der Waals surface area contributed by atoms with Crippen LogP contribution in [0, 0.1) is 12.8 Å². The molecule has 3 N–H and O–H groups in total. The second-order valence-corrected chi connectivity index (χ2v) is 27.7. The van der Waals surface area contributed by atoms with Crippen LogP contribution in [0.15, 0.2) is 91.0 Å². The topological polar surface area (TPSA) is 224 Å². The Bertz CT molecular complexity index is 3410. The third-order valence-corrected chi connectivity index (χ3v) is 21.1. The molecule has 79 heavy (non-hydrogen) atoms. The zero-order valence-electron chi connectivity index (χ0n) is 45.0. The molecule has 0 spiro atoms. The molecule has 4 atom stereocenters. The molecule has 420 valence electrons. The third kappa shape index (κ3) is 13.1. The van der Waals surface area contributed by atoms with Crippen molar-refractivity contribution in [2.24, 2.45) is 5.92 Å². The van der Waals surface area contributed by atoms with Gasteiger partial charge in [0.25, 0.3) is 32.1 Å². The van der Waals surface area contributed by atoms with E-state index in [4.69, 9.17) is 18.4 Å². The molecule has 4 amide bonds. The summed E-state index contributed by atoms with van der Waals surface area (Å²) >= 11 is 0. The van der Waals surface area contributed by atoms with Crippen molar-refractivity contribution in [1.29, 1.82) is 0 Å². The molecule has 0 aliphatic carbocycles. The lowest BCUT2D eigenvalue weighted by molar-refractivity contribution is -0.120. The first kappa shape index (κ1) is 57.6. The van der Waals surface area contributed by atoms with Crippen LogP contribution < -0.4 is 34.6 Å². The number of aryl methyl sites for hydroxylation is 1. The van der Waals surface area contributed by atoms with Crippen LogP contribution in [-0.2, 0) is 72.9 Å². The zero-order chi connectivity index (χ0) is 56.4. The SMILES string of the molecule is CNC(=O)CCCSSC(C)(C)CCCC(=O)Nc1cc(COc2cc3c(cc2C)C(=O)N2c4ccccc4C[C@H]2C(S(=O)(=O)OC)C3)cc(COc2cc3c(cc2OC)C(=O)N2c4ccccc4C[C@H]2C(CS(=O)(=O)O)C3)c1. The van der Waals surface area contributed by atoms with E-state index in [1.807, 2.05) is 61.5 Å². The van der Waals surface area contributed by atoms with Crippen molar-refractivity contribution in [2.45, 2.75) is 114 Å². The van der Waals surface area contributed by atoms with Crippen LogP contribution in [0.3, 0.4) is 0 Å². The van der Waals surface area contributed by atoms with Gasteiger partial charge in [-0.25, -0.2) is 0 Å². The highest BCUT2D eigenvalue weighted by Crippen LogP contribution is 2.45. The van der Waals surface area contributed by atoms with E-state index in [1.165, 1.54) is 7.11 Å². The summed E-state index contributed by atoms with van der Waals surface area (Å²) in [6, 6.07) is 25.9. The van der Waals surface area contributed by atoms with Gasteiger partial charge in [-0.05, 0) is 159 Å². The maximum Gasteiger partial charge on any atom is 0.272 e. The van der Waals surface area contributed by atoms with Gasteiger partial charge in [0.1, 0.15) is 24.2 Å². The van der Waals surface area contributed by atoms with Gasteiger partial charge in [-0.2, -0.15) is 16.8 Å². The molecular weight excluding hydrogens is 1090 g/mol. The Balaban J connectivity index is 0.973. The molecule has 21 heteroatoms. The number of hydrogen-bond donors (Lipinski definition) is 3. The van der Waals surface area contributed by atoms with Crippen LogP contribution in [0.5, 0.6) is 17.2 Å². The number of para-hydroxylation sites is 2. The fourth-order valence-electron chi connectivity index (χ4n) is 11.3. The second-order valence-electron chi connectivity index (χ2n) is 21.2. The number of nitrogens with zero attached hydrogens (tertiary/aromatic N) is 2. The maximum atomic E-state index is 14.5. The van der Waals surface area contributed by atoms with Gasteiger partial charge in [0.05, 0.1) is 26.0 Å². The van der Waals surface area contributed by atoms with Crippen molar-refractivity contribution < 1.29 is 59.0 Å². The van der Waals surface area contributed by atoms with Crippen molar-refractivity contribution >= 4 is 82.5 Å². The summed E-state index contributed by atoms with van der Waals surface area (Å²) in [4.78, 5) is 57.5. The molecule has 17 nitrogen and oxygen atoms in total. The van der Waals surface area contributed by atoms with Crippen LogP contribution in [0.4, 0.5) is 17.1 Å². The molecule has 4 heterocycles. The first-order valence-corrected chi connectivity index (χ1v) is 31.7. The van der Waals surface area contributed by atoms with Crippen LogP contribution in [0.25, 0.3) is 0 Å². The molecule has 0 saturated heterocycles. The van der Waals surface area contributed by atoms with Crippen LogP contribution in [0.2, 0.25) is 0 Å². The van der Waals surface area contributed by atoms with Crippen molar-refractivity contribution in [3.63, 3.8) is 0 Å². The Morgan fingerprint density at radius 1 is 0.709 bits per heavy atom. The fourth-order valence-corrected chi connectivity index (χ4v) is 16.1. The lowest BCUT2D eigenvalue weighted by Gasteiger charge is -2.28. The van der Waals surface area contributed by atoms with Gasteiger partial charge in [-0.1, -0.05) is 58.0 Å². The first-order valence-electron chi connectivity index (χ1n) is 26.3. The van der Waals surface area contributed by atoms with E-state index in [0.29, 0.717) is 87.4 Å². The maximum absolute atomic E-state index is 14.5. The minimum atomic E-state index is -4.43. The lowest BCUT2D eigenvalue weighted by atomic mass is 9.91. The summed E-state index contributed by atoms with van der Waals surface area (Å²) in [5, 5.41) is 4.66. The van der Waals surface area contributed by atoms with Gasteiger partial charge >= 0.3 is 0 Å². The first-order chi connectivity index (χ1) is 37.6. The summed E-state index contributed by atoms with van der Waals surface area (Å²) in [6.45, 7) is 6.06. The molecule has 5 aromatic carbocycles. The van der Waals surface area contributed by atoms with Gasteiger partial charge in [0.2, 0.25) is 11.8 Å². The van der Waals surface area contributed by atoms with E-state index in [0.717, 1.165) is 36.8 Å². The van der Waals surface area contributed by atoms with Gasteiger partial charge in [0, 0.05) is 70.5 Å². The number of benzene rings is 5. The second kappa shape index (κ2) is 23.9. The Kier molecular flexibility index (Phi) is 17.4. The average molecular weight is 1160 g/mol. The monoisotopic (exact) mass is 1150 g/mol. The average Bonchev–Trinajstić information content (AvgIpc) is 4.09.